The van der Waals surface area contributed by atoms with Crippen LogP contribution in [0.4, 0.5) is 4.39 Å². The number of hydrogen-bond acceptors (Lipinski definition) is 2. The van der Waals surface area contributed by atoms with Crippen LogP contribution in [0.3, 0.4) is 0 Å². The normalized spacial score (nSPS) is 12.4. The third-order valence-corrected chi connectivity index (χ3v) is 3.78. The molecule has 2 aromatic rings. The van der Waals surface area contributed by atoms with Crippen molar-refractivity contribution in [3.05, 3.63) is 64.7 Å². The Kier molecular flexibility index (Phi) is 5.45. The maximum Gasteiger partial charge on any atom is 0.123 e. The summed E-state index contributed by atoms with van der Waals surface area (Å²) in [6.45, 7) is 7.18. The lowest BCUT2D eigenvalue weighted by atomic mass is 9.92. The molecule has 21 heavy (non-hydrogen) atoms. The Morgan fingerprint density at radius 3 is 2.71 bits per heavy atom. The average Bonchev–Trinajstić information content (AvgIpc) is 2.51. The largest absolute Gasteiger partial charge is 0.306 e. The summed E-state index contributed by atoms with van der Waals surface area (Å²) in [5.41, 5.74) is 4.50. The third kappa shape index (κ3) is 3.67. The molecular formula is C18H23FN2. The molecule has 0 saturated heterocycles. The van der Waals surface area contributed by atoms with E-state index in [0.29, 0.717) is 0 Å². The van der Waals surface area contributed by atoms with Crippen molar-refractivity contribution in [3.8, 4) is 0 Å². The second kappa shape index (κ2) is 7.32. The summed E-state index contributed by atoms with van der Waals surface area (Å²) < 4.78 is 13.7. The molecule has 0 saturated carbocycles. The number of hydrogen-bond donors (Lipinski definition) is 1. The van der Waals surface area contributed by atoms with E-state index >= 15 is 0 Å². The molecule has 1 atom stereocenters. The van der Waals surface area contributed by atoms with Crippen molar-refractivity contribution in [2.75, 3.05) is 6.54 Å². The lowest BCUT2D eigenvalue weighted by Crippen LogP contribution is -2.25. The fourth-order valence-corrected chi connectivity index (χ4v) is 2.61. The molecule has 0 spiro atoms. The van der Waals surface area contributed by atoms with Crippen LogP contribution in [0.15, 0.2) is 36.7 Å². The molecule has 3 heteroatoms. The minimum Gasteiger partial charge on any atom is -0.306 e. The van der Waals surface area contributed by atoms with Crippen LogP contribution in [0.2, 0.25) is 0 Å². The summed E-state index contributed by atoms with van der Waals surface area (Å²) in [5.74, 6) is -0.189. The van der Waals surface area contributed by atoms with Crippen LogP contribution in [0.5, 0.6) is 0 Å². The number of aromatic nitrogens is 1. The summed E-state index contributed by atoms with van der Waals surface area (Å²) in [7, 11) is 0. The van der Waals surface area contributed by atoms with E-state index in [2.05, 4.69) is 24.1 Å². The van der Waals surface area contributed by atoms with E-state index in [1.165, 1.54) is 17.2 Å². The fourth-order valence-electron chi connectivity index (χ4n) is 2.61. The Hall–Kier alpha value is -1.74. The molecule has 0 bridgehead atoms. The number of nitrogens with one attached hydrogen (secondary N) is 1. The monoisotopic (exact) mass is 286 g/mol. The van der Waals surface area contributed by atoms with Gasteiger partial charge in [0.05, 0.1) is 6.04 Å². The first kappa shape index (κ1) is 15.6. The molecule has 1 aromatic carbocycles. The van der Waals surface area contributed by atoms with Gasteiger partial charge in [-0.25, -0.2) is 4.39 Å². The first-order valence-electron chi connectivity index (χ1n) is 7.59. The van der Waals surface area contributed by atoms with E-state index < -0.39 is 0 Å². The summed E-state index contributed by atoms with van der Waals surface area (Å²) in [6, 6.07) is 7.05. The predicted octanol–water partition coefficient (Wildman–Crippen LogP) is 4.18. The van der Waals surface area contributed by atoms with Gasteiger partial charge in [-0.2, -0.15) is 0 Å². The van der Waals surface area contributed by atoms with E-state index in [9.17, 15) is 4.39 Å². The quantitative estimate of drug-likeness (QED) is 0.861. The summed E-state index contributed by atoms with van der Waals surface area (Å²) in [4.78, 5) is 4.21. The van der Waals surface area contributed by atoms with Crippen molar-refractivity contribution < 1.29 is 4.39 Å². The third-order valence-electron chi connectivity index (χ3n) is 3.78. The SMILES string of the molecule is CCCNC(c1cc(F)ccc1C)c1ccncc1CC. The number of nitrogens with zero attached hydrogens (tertiary/aromatic N) is 1. The summed E-state index contributed by atoms with van der Waals surface area (Å²) in [6.07, 6.45) is 5.67. The van der Waals surface area contributed by atoms with Gasteiger partial charge in [-0.1, -0.05) is 19.9 Å². The van der Waals surface area contributed by atoms with Crippen LogP contribution < -0.4 is 5.32 Å². The molecule has 1 aromatic heterocycles. The molecule has 0 fully saturated rings. The Morgan fingerprint density at radius 1 is 1.19 bits per heavy atom. The van der Waals surface area contributed by atoms with Crippen molar-refractivity contribution in [3.63, 3.8) is 0 Å². The molecular weight excluding hydrogens is 263 g/mol. The highest BCUT2D eigenvalue weighted by molar-refractivity contribution is 5.39. The van der Waals surface area contributed by atoms with Gasteiger partial charge < -0.3 is 5.32 Å². The fraction of sp³-hybridized carbons (Fsp3) is 0.389. The Bertz CT molecular complexity index is 596. The van der Waals surface area contributed by atoms with E-state index in [-0.39, 0.29) is 11.9 Å². The van der Waals surface area contributed by atoms with Gasteiger partial charge in [-0.15, -0.1) is 0 Å². The molecule has 0 aliphatic heterocycles. The molecule has 2 nitrogen and oxygen atoms in total. The van der Waals surface area contributed by atoms with Gasteiger partial charge >= 0.3 is 0 Å². The number of pyridine rings is 1. The lowest BCUT2D eigenvalue weighted by molar-refractivity contribution is 0.579. The molecule has 0 aliphatic rings. The highest BCUT2D eigenvalue weighted by Crippen LogP contribution is 2.28. The highest BCUT2D eigenvalue weighted by atomic mass is 19.1. The van der Waals surface area contributed by atoms with Crippen molar-refractivity contribution in [2.24, 2.45) is 0 Å². The van der Waals surface area contributed by atoms with Crippen LogP contribution in [-0.4, -0.2) is 11.5 Å². The topological polar surface area (TPSA) is 24.9 Å². The van der Waals surface area contributed by atoms with Gasteiger partial charge in [0.1, 0.15) is 5.82 Å². The van der Waals surface area contributed by atoms with Gasteiger partial charge in [0.25, 0.3) is 0 Å². The molecule has 0 aliphatic carbocycles. The molecule has 2 rings (SSSR count). The lowest BCUT2D eigenvalue weighted by Gasteiger charge is -2.23. The smallest absolute Gasteiger partial charge is 0.123 e. The number of rotatable bonds is 6. The Balaban J connectivity index is 2.49. The van der Waals surface area contributed by atoms with Crippen LogP contribution in [-0.2, 0) is 6.42 Å². The molecule has 112 valence electrons. The van der Waals surface area contributed by atoms with E-state index in [0.717, 1.165) is 30.5 Å². The minimum atomic E-state index is -0.189. The molecule has 0 radical (unpaired) electrons. The van der Waals surface area contributed by atoms with Gasteiger partial charge in [0, 0.05) is 12.4 Å². The first-order valence-corrected chi connectivity index (χ1v) is 7.59. The van der Waals surface area contributed by atoms with Gasteiger partial charge in [-0.05, 0) is 66.8 Å². The second-order valence-corrected chi connectivity index (χ2v) is 5.32. The van der Waals surface area contributed by atoms with Crippen LogP contribution in [0, 0.1) is 12.7 Å². The zero-order chi connectivity index (χ0) is 15.2. The first-order chi connectivity index (χ1) is 10.2. The number of halogens is 1. The van der Waals surface area contributed by atoms with Crippen LogP contribution in [0.1, 0.15) is 48.6 Å². The second-order valence-electron chi connectivity index (χ2n) is 5.32. The van der Waals surface area contributed by atoms with Crippen molar-refractivity contribution in [1.82, 2.24) is 10.3 Å². The summed E-state index contributed by atoms with van der Waals surface area (Å²) >= 11 is 0. The van der Waals surface area contributed by atoms with Crippen molar-refractivity contribution in [1.29, 1.82) is 0 Å². The van der Waals surface area contributed by atoms with E-state index in [4.69, 9.17) is 0 Å². The maximum atomic E-state index is 13.7. The number of aryl methyl sites for hydroxylation is 2. The molecule has 1 unspecified atom stereocenters. The predicted molar refractivity (Wildman–Crippen MR) is 84.9 cm³/mol. The van der Waals surface area contributed by atoms with E-state index in [1.54, 1.807) is 6.07 Å². The zero-order valence-corrected chi connectivity index (χ0v) is 13.0. The molecule has 1 heterocycles. The van der Waals surface area contributed by atoms with Gasteiger partial charge in [-0.3, -0.25) is 4.98 Å². The summed E-state index contributed by atoms with van der Waals surface area (Å²) in [5, 5.41) is 3.55. The minimum absolute atomic E-state index is 0.0126. The van der Waals surface area contributed by atoms with Gasteiger partial charge in [0.2, 0.25) is 0 Å². The highest BCUT2D eigenvalue weighted by Gasteiger charge is 2.18. The van der Waals surface area contributed by atoms with Crippen LogP contribution >= 0.6 is 0 Å². The standard InChI is InChI=1S/C18H23FN2/c1-4-9-21-18(16-8-10-20-12-14(16)5-2)17-11-15(19)7-6-13(17)3/h6-8,10-12,18,21H,4-5,9H2,1-3H3. The Labute approximate surface area is 126 Å². The Morgan fingerprint density at radius 2 is 2.00 bits per heavy atom. The molecule has 1 N–H and O–H groups in total. The van der Waals surface area contributed by atoms with E-state index in [1.807, 2.05) is 31.5 Å². The molecule has 0 amide bonds. The number of benzene rings is 1. The van der Waals surface area contributed by atoms with Crippen LogP contribution in [0.25, 0.3) is 0 Å². The average molecular weight is 286 g/mol. The zero-order valence-electron chi connectivity index (χ0n) is 13.0. The van der Waals surface area contributed by atoms with Gasteiger partial charge in [0.15, 0.2) is 0 Å². The van der Waals surface area contributed by atoms with Crippen molar-refractivity contribution in [2.45, 2.75) is 39.7 Å². The maximum absolute atomic E-state index is 13.7. The van der Waals surface area contributed by atoms with Crippen molar-refractivity contribution >= 4 is 0 Å².